The summed E-state index contributed by atoms with van der Waals surface area (Å²) in [6, 6.07) is 10.1. The van der Waals surface area contributed by atoms with Crippen LogP contribution in [0.5, 0.6) is 0 Å². The van der Waals surface area contributed by atoms with Crippen molar-refractivity contribution in [2.24, 2.45) is 0 Å². The highest BCUT2D eigenvalue weighted by atomic mass is 16.8. The van der Waals surface area contributed by atoms with Gasteiger partial charge in [0.25, 0.3) is 0 Å². The van der Waals surface area contributed by atoms with E-state index >= 15 is 0 Å². The molecule has 2 saturated heterocycles. The molecule has 1 aromatic carbocycles. The van der Waals surface area contributed by atoms with Crippen LogP contribution in [-0.4, -0.2) is 51.5 Å². The monoisotopic (exact) mass is 294 g/mol. The summed E-state index contributed by atoms with van der Waals surface area (Å²) in [7, 11) is 3.31. The third kappa shape index (κ3) is 2.98. The van der Waals surface area contributed by atoms with Crippen LogP contribution in [0.15, 0.2) is 30.3 Å². The summed E-state index contributed by atoms with van der Waals surface area (Å²) in [5.41, 5.74) is 1.15. The highest BCUT2D eigenvalue weighted by Gasteiger charge is 2.56. The second-order valence-corrected chi connectivity index (χ2v) is 5.51. The van der Waals surface area contributed by atoms with Gasteiger partial charge in [-0.1, -0.05) is 30.3 Å². The Balaban J connectivity index is 1.64. The number of rotatable bonds is 6. The van der Waals surface area contributed by atoms with Gasteiger partial charge in [-0.3, -0.25) is 0 Å². The van der Waals surface area contributed by atoms with Crippen LogP contribution in [-0.2, 0) is 30.3 Å². The standard InChI is InChI=1S/C16H22O5/c1-17-11-16-15(18-2)8-13(14(21-16)10-20-16)19-9-12-6-4-3-5-7-12/h3-7,13-15H,8-11H2,1-2H3/t13-,14+,15+,16+/m0/s1. The largest absolute Gasteiger partial charge is 0.379 e. The van der Waals surface area contributed by atoms with Crippen LogP contribution in [0.25, 0.3) is 0 Å². The summed E-state index contributed by atoms with van der Waals surface area (Å²) in [6.45, 7) is 1.45. The van der Waals surface area contributed by atoms with Crippen molar-refractivity contribution in [3.05, 3.63) is 35.9 Å². The first-order chi connectivity index (χ1) is 10.3. The van der Waals surface area contributed by atoms with E-state index < -0.39 is 5.79 Å². The average Bonchev–Trinajstić information content (AvgIpc) is 2.88. The zero-order chi connectivity index (χ0) is 14.7. The maximum absolute atomic E-state index is 6.03. The van der Waals surface area contributed by atoms with Crippen molar-refractivity contribution in [2.45, 2.75) is 37.1 Å². The average molecular weight is 294 g/mol. The fraction of sp³-hybridized carbons (Fsp3) is 0.625. The molecule has 1 aromatic rings. The normalized spacial score (nSPS) is 35.0. The molecule has 5 heteroatoms. The van der Waals surface area contributed by atoms with E-state index in [-0.39, 0.29) is 18.3 Å². The predicted octanol–water partition coefficient (Wildman–Crippen LogP) is 1.75. The van der Waals surface area contributed by atoms with Gasteiger partial charge < -0.3 is 23.7 Å². The van der Waals surface area contributed by atoms with Gasteiger partial charge in [0.05, 0.1) is 19.3 Å². The maximum Gasteiger partial charge on any atom is 0.219 e. The Bertz CT molecular complexity index is 451. The van der Waals surface area contributed by atoms with Gasteiger partial charge in [0, 0.05) is 20.6 Å². The number of ether oxygens (including phenoxy) is 5. The van der Waals surface area contributed by atoms with Crippen molar-refractivity contribution in [3.8, 4) is 0 Å². The van der Waals surface area contributed by atoms with Gasteiger partial charge in [-0.25, -0.2) is 0 Å². The quantitative estimate of drug-likeness (QED) is 0.800. The summed E-state index contributed by atoms with van der Waals surface area (Å²) >= 11 is 0. The van der Waals surface area contributed by atoms with Crippen molar-refractivity contribution in [1.82, 2.24) is 0 Å². The molecule has 0 saturated carbocycles. The van der Waals surface area contributed by atoms with Crippen molar-refractivity contribution < 1.29 is 23.7 Å². The Morgan fingerprint density at radius 2 is 2.05 bits per heavy atom. The SMILES string of the molecule is COC[C@@]12OC[C@@H](O1)[C@@H](OCc1ccccc1)C[C@H]2OC. The molecule has 0 N–H and O–H groups in total. The molecule has 2 aliphatic heterocycles. The summed E-state index contributed by atoms with van der Waals surface area (Å²) in [6.07, 6.45) is 0.479. The van der Waals surface area contributed by atoms with E-state index in [0.29, 0.717) is 19.8 Å². The minimum Gasteiger partial charge on any atom is -0.379 e. The van der Waals surface area contributed by atoms with Crippen molar-refractivity contribution in [2.75, 3.05) is 27.4 Å². The lowest BCUT2D eigenvalue weighted by Crippen LogP contribution is -2.55. The molecule has 0 amide bonds. The zero-order valence-corrected chi connectivity index (χ0v) is 12.5. The van der Waals surface area contributed by atoms with E-state index in [1.165, 1.54) is 0 Å². The van der Waals surface area contributed by atoms with Gasteiger partial charge in [0.2, 0.25) is 5.79 Å². The van der Waals surface area contributed by atoms with Gasteiger partial charge in [-0.2, -0.15) is 0 Å². The minimum atomic E-state index is -0.777. The topological polar surface area (TPSA) is 46.2 Å². The second kappa shape index (κ2) is 6.42. The molecular weight excluding hydrogens is 272 g/mol. The summed E-state index contributed by atoms with van der Waals surface area (Å²) in [5.74, 6) is -0.777. The van der Waals surface area contributed by atoms with E-state index in [0.717, 1.165) is 12.0 Å². The molecule has 2 bridgehead atoms. The molecule has 2 fully saturated rings. The van der Waals surface area contributed by atoms with Crippen molar-refractivity contribution in [3.63, 3.8) is 0 Å². The fourth-order valence-corrected chi connectivity index (χ4v) is 3.04. The Morgan fingerprint density at radius 3 is 2.76 bits per heavy atom. The molecular formula is C16H22O5. The maximum atomic E-state index is 6.03. The van der Waals surface area contributed by atoms with E-state index in [2.05, 4.69) is 12.1 Å². The number of benzene rings is 1. The second-order valence-electron chi connectivity index (χ2n) is 5.51. The molecule has 0 radical (unpaired) electrons. The third-order valence-electron chi connectivity index (χ3n) is 4.13. The molecule has 0 aromatic heterocycles. The molecule has 116 valence electrons. The number of hydrogen-bond donors (Lipinski definition) is 0. The Labute approximate surface area is 125 Å². The van der Waals surface area contributed by atoms with E-state index in [4.69, 9.17) is 23.7 Å². The van der Waals surface area contributed by atoms with E-state index in [1.54, 1.807) is 14.2 Å². The lowest BCUT2D eigenvalue weighted by Gasteiger charge is -2.40. The van der Waals surface area contributed by atoms with Crippen LogP contribution in [0.4, 0.5) is 0 Å². The first kappa shape index (κ1) is 14.9. The Hall–Kier alpha value is -0.980. The highest BCUT2D eigenvalue weighted by molar-refractivity contribution is 5.13. The van der Waals surface area contributed by atoms with E-state index in [9.17, 15) is 0 Å². The zero-order valence-electron chi connectivity index (χ0n) is 12.5. The predicted molar refractivity (Wildman–Crippen MR) is 75.9 cm³/mol. The van der Waals surface area contributed by atoms with Gasteiger partial charge in [-0.15, -0.1) is 0 Å². The van der Waals surface area contributed by atoms with Crippen LogP contribution in [0.3, 0.4) is 0 Å². The summed E-state index contributed by atoms with van der Waals surface area (Å²) < 4.78 is 28.7. The van der Waals surface area contributed by atoms with Crippen molar-refractivity contribution in [1.29, 1.82) is 0 Å². The van der Waals surface area contributed by atoms with Gasteiger partial charge >= 0.3 is 0 Å². The molecule has 0 spiro atoms. The molecule has 5 nitrogen and oxygen atoms in total. The minimum absolute atomic E-state index is 0.0253. The van der Waals surface area contributed by atoms with Crippen LogP contribution in [0, 0.1) is 0 Å². The molecule has 0 unspecified atom stereocenters. The van der Waals surface area contributed by atoms with Crippen molar-refractivity contribution >= 4 is 0 Å². The van der Waals surface area contributed by atoms with Gasteiger partial charge in [0.15, 0.2) is 0 Å². The molecule has 21 heavy (non-hydrogen) atoms. The molecule has 4 atom stereocenters. The Kier molecular flexibility index (Phi) is 4.57. The smallest absolute Gasteiger partial charge is 0.219 e. The highest BCUT2D eigenvalue weighted by Crippen LogP contribution is 2.39. The van der Waals surface area contributed by atoms with Crippen LogP contribution in [0.1, 0.15) is 12.0 Å². The van der Waals surface area contributed by atoms with Crippen LogP contribution in [0.2, 0.25) is 0 Å². The summed E-state index contributed by atoms with van der Waals surface area (Å²) in [4.78, 5) is 0. The van der Waals surface area contributed by atoms with Crippen LogP contribution >= 0.6 is 0 Å². The third-order valence-corrected chi connectivity index (χ3v) is 4.13. The molecule has 2 aliphatic rings. The summed E-state index contributed by atoms with van der Waals surface area (Å²) in [5, 5.41) is 0. The molecule has 3 rings (SSSR count). The fourth-order valence-electron chi connectivity index (χ4n) is 3.04. The first-order valence-electron chi connectivity index (χ1n) is 7.26. The number of methoxy groups -OCH3 is 2. The van der Waals surface area contributed by atoms with Gasteiger partial charge in [-0.05, 0) is 5.56 Å². The lowest BCUT2D eigenvalue weighted by molar-refractivity contribution is -0.289. The van der Waals surface area contributed by atoms with Gasteiger partial charge in [0.1, 0.15) is 18.8 Å². The van der Waals surface area contributed by atoms with Crippen LogP contribution < -0.4 is 0 Å². The number of hydrogen-bond acceptors (Lipinski definition) is 5. The lowest BCUT2D eigenvalue weighted by atomic mass is 9.98. The first-order valence-corrected chi connectivity index (χ1v) is 7.26. The molecule has 0 aliphatic carbocycles. The Morgan fingerprint density at radius 1 is 1.24 bits per heavy atom. The number of fused-ring (bicyclic) bond motifs is 2. The molecule has 2 heterocycles. The van der Waals surface area contributed by atoms with E-state index in [1.807, 2.05) is 18.2 Å².